The molecule has 1 amide bonds. The van der Waals surface area contributed by atoms with Crippen LogP contribution in [0.15, 0.2) is 59.0 Å². The molecule has 1 atom stereocenters. The van der Waals surface area contributed by atoms with E-state index in [0.717, 1.165) is 60.1 Å². The Morgan fingerprint density at radius 1 is 1.19 bits per heavy atom. The molecule has 0 bridgehead atoms. The minimum absolute atomic E-state index is 0.229. The smallest absolute Gasteiger partial charge is 0.227 e. The van der Waals surface area contributed by atoms with Crippen LogP contribution in [-0.2, 0) is 17.6 Å². The number of likely N-dealkylation sites (tertiary alicyclic amines) is 1. The van der Waals surface area contributed by atoms with Crippen molar-refractivity contribution >= 4 is 16.9 Å². The molecule has 0 aliphatic carbocycles. The Balaban J connectivity index is 1.40. The number of hydrogen-bond donors (Lipinski definition) is 0. The van der Waals surface area contributed by atoms with Crippen LogP contribution >= 0.6 is 0 Å². The molecule has 3 heteroatoms. The van der Waals surface area contributed by atoms with E-state index >= 15 is 0 Å². The van der Waals surface area contributed by atoms with Gasteiger partial charge in [0.15, 0.2) is 0 Å². The molecule has 27 heavy (non-hydrogen) atoms. The van der Waals surface area contributed by atoms with Gasteiger partial charge in [-0.25, -0.2) is 0 Å². The van der Waals surface area contributed by atoms with Crippen molar-refractivity contribution in [1.82, 2.24) is 4.90 Å². The molecule has 0 saturated carbocycles. The van der Waals surface area contributed by atoms with Crippen LogP contribution in [0.3, 0.4) is 0 Å². The Kier molecular flexibility index (Phi) is 4.98. The van der Waals surface area contributed by atoms with Crippen molar-refractivity contribution in [2.75, 3.05) is 6.54 Å². The van der Waals surface area contributed by atoms with Crippen molar-refractivity contribution in [3.8, 4) is 12.3 Å². The Morgan fingerprint density at radius 3 is 2.85 bits per heavy atom. The molecule has 4 rings (SSSR count). The fraction of sp³-hybridized carbons (Fsp3) is 0.292. The molecule has 2 aromatic carbocycles. The lowest BCUT2D eigenvalue weighted by Crippen LogP contribution is -2.36. The fourth-order valence-electron chi connectivity index (χ4n) is 3.96. The number of carbonyl (C=O) groups is 1. The predicted octanol–water partition coefficient (Wildman–Crippen LogP) is 4.58. The number of aryl methyl sites for hydroxylation is 1. The van der Waals surface area contributed by atoms with Crippen LogP contribution in [0.2, 0.25) is 0 Å². The van der Waals surface area contributed by atoms with Gasteiger partial charge in [-0.05, 0) is 49.1 Å². The summed E-state index contributed by atoms with van der Waals surface area (Å²) in [7, 11) is 0. The number of terminal acetylenes is 1. The van der Waals surface area contributed by atoms with Gasteiger partial charge in [0.25, 0.3) is 0 Å². The van der Waals surface area contributed by atoms with Gasteiger partial charge in [0.2, 0.25) is 5.91 Å². The third-order valence-electron chi connectivity index (χ3n) is 5.35. The van der Waals surface area contributed by atoms with Crippen LogP contribution in [0, 0.1) is 12.3 Å². The average molecular weight is 357 g/mol. The van der Waals surface area contributed by atoms with E-state index in [9.17, 15) is 4.79 Å². The van der Waals surface area contributed by atoms with Crippen molar-refractivity contribution in [2.45, 2.75) is 38.1 Å². The summed E-state index contributed by atoms with van der Waals surface area (Å²) in [4.78, 5) is 14.8. The first kappa shape index (κ1) is 17.4. The molecule has 1 aliphatic heterocycles. The van der Waals surface area contributed by atoms with Gasteiger partial charge in [-0.2, -0.15) is 0 Å². The number of furan rings is 1. The lowest BCUT2D eigenvalue weighted by atomic mass is 10.1. The highest BCUT2D eigenvalue weighted by molar-refractivity contribution is 5.80. The molecular weight excluding hydrogens is 334 g/mol. The predicted molar refractivity (Wildman–Crippen MR) is 107 cm³/mol. The maximum absolute atomic E-state index is 12.7. The zero-order valence-electron chi connectivity index (χ0n) is 15.4. The topological polar surface area (TPSA) is 33.5 Å². The first-order chi connectivity index (χ1) is 13.2. The molecular formula is C24H23NO2. The van der Waals surface area contributed by atoms with Gasteiger partial charge in [-0.15, -0.1) is 6.42 Å². The summed E-state index contributed by atoms with van der Waals surface area (Å²) in [6, 6.07) is 18.2. The van der Waals surface area contributed by atoms with Crippen molar-refractivity contribution in [3.63, 3.8) is 0 Å². The van der Waals surface area contributed by atoms with Crippen molar-refractivity contribution < 1.29 is 9.21 Å². The minimum Gasteiger partial charge on any atom is -0.461 e. The average Bonchev–Trinajstić information content (AvgIpc) is 3.32. The zero-order chi connectivity index (χ0) is 18.6. The number of rotatable bonds is 5. The van der Waals surface area contributed by atoms with Crippen molar-refractivity contribution in [1.29, 1.82) is 0 Å². The number of carbonyl (C=O) groups excluding carboxylic acids is 1. The molecule has 1 aliphatic rings. The summed E-state index contributed by atoms with van der Waals surface area (Å²) in [6.45, 7) is 0.863. The van der Waals surface area contributed by atoms with Gasteiger partial charge in [0.05, 0.1) is 6.42 Å². The number of nitrogens with zero attached hydrogens (tertiary/aromatic N) is 1. The van der Waals surface area contributed by atoms with E-state index in [0.29, 0.717) is 12.5 Å². The van der Waals surface area contributed by atoms with Crippen LogP contribution in [-0.4, -0.2) is 23.4 Å². The summed E-state index contributed by atoms with van der Waals surface area (Å²) < 4.78 is 5.95. The maximum atomic E-state index is 12.7. The summed E-state index contributed by atoms with van der Waals surface area (Å²) in [6.07, 6.45) is 9.87. The standard InChI is InChI=1S/C24H23NO2/c1-2-18-10-13-23-20(15-18)17-22(27-23)12-11-21-9-6-14-25(21)24(26)16-19-7-4-3-5-8-19/h1,3-5,7-8,10,13,15,17,21H,6,9,11-12,14,16H2/t21-/m0/s1. The molecule has 0 unspecified atom stereocenters. The summed E-state index contributed by atoms with van der Waals surface area (Å²) in [5.41, 5.74) is 2.81. The van der Waals surface area contributed by atoms with E-state index in [1.54, 1.807) is 0 Å². The lowest BCUT2D eigenvalue weighted by Gasteiger charge is -2.24. The fourth-order valence-corrected chi connectivity index (χ4v) is 3.96. The molecule has 1 fully saturated rings. The Hall–Kier alpha value is -2.99. The van der Waals surface area contributed by atoms with Gasteiger partial charge in [-0.1, -0.05) is 36.3 Å². The molecule has 0 spiro atoms. The number of benzene rings is 2. The third-order valence-corrected chi connectivity index (χ3v) is 5.35. The highest BCUT2D eigenvalue weighted by atomic mass is 16.3. The Labute approximate surface area is 160 Å². The number of amides is 1. The summed E-state index contributed by atoms with van der Waals surface area (Å²) >= 11 is 0. The SMILES string of the molecule is C#Cc1ccc2oc(CC[C@@H]3CCCN3C(=O)Cc3ccccc3)cc2c1. The Bertz CT molecular complexity index is 981. The van der Waals surface area contributed by atoms with E-state index in [-0.39, 0.29) is 5.91 Å². The van der Waals surface area contributed by atoms with Gasteiger partial charge < -0.3 is 9.32 Å². The van der Waals surface area contributed by atoms with Crippen LogP contribution in [0.1, 0.15) is 36.1 Å². The number of fused-ring (bicyclic) bond motifs is 1. The molecule has 1 aromatic heterocycles. The lowest BCUT2D eigenvalue weighted by molar-refractivity contribution is -0.131. The molecule has 136 valence electrons. The highest BCUT2D eigenvalue weighted by Gasteiger charge is 2.28. The number of hydrogen-bond acceptors (Lipinski definition) is 2. The van der Waals surface area contributed by atoms with E-state index in [4.69, 9.17) is 10.8 Å². The Morgan fingerprint density at radius 2 is 2.04 bits per heavy atom. The van der Waals surface area contributed by atoms with E-state index < -0.39 is 0 Å². The molecule has 3 nitrogen and oxygen atoms in total. The molecule has 2 heterocycles. The summed E-state index contributed by atoms with van der Waals surface area (Å²) in [5.74, 6) is 3.85. The first-order valence-corrected chi connectivity index (χ1v) is 9.55. The third kappa shape index (κ3) is 3.90. The van der Waals surface area contributed by atoms with Crippen LogP contribution in [0.4, 0.5) is 0 Å². The van der Waals surface area contributed by atoms with Crippen LogP contribution < -0.4 is 0 Å². The van der Waals surface area contributed by atoms with Gasteiger partial charge in [-0.3, -0.25) is 4.79 Å². The van der Waals surface area contributed by atoms with E-state index in [1.807, 2.05) is 48.5 Å². The second kappa shape index (κ2) is 7.72. The second-order valence-corrected chi connectivity index (χ2v) is 7.19. The normalized spacial score (nSPS) is 16.6. The zero-order valence-corrected chi connectivity index (χ0v) is 15.4. The van der Waals surface area contributed by atoms with Gasteiger partial charge in [0.1, 0.15) is 11.3 Å². The quantitative estimate of drug-likeness (QED) is 0.626. The largest absolute Gasteiger partial charge is 0.461 e. The summed E-state index contributed by atoms with van der Waals surface area (Å²) in [5, 5.41) is 1.05. The molecule has 3 aromatic rings. The second-order valence-electron chi connectivity index (χ2n) is 7.19. The monoisotopic (exact) mass is 357 g/mol. The first-order valence-electron chi connectivity index (χ1n) is 9.55. The molecule has 0 N–H and O–H groups in total. The minimum atomic E-state index is 0.229. The van der Waals surface area contributed by atoms with Crippen LogP contribution in [0.5, 0.6) is 0 Å². The van der Waals surface area contributed by atoms with E-state index in [2.05, 4.69) is 16.9 Å². The van der Waals surface area contributed by atoms with Crippen LogP contribution in [0.25, 0.3) is 11.0 Å². The highest BCUT2D eigenvalue weighted by Crippen LogP contribution is 2.26. The molecule has 1 saturated heterocycles. The maximum Gasteiger partial charge on any atom is 0.227 e. The van der Waals surface area contributed by atoms with E-state index in [1.165, 1.54) is 0 Å². The van der Waals surface area contributed by atoms with Crippen molar-refractivity contribution in [3.05, 3.63) is 71.5 Å². The van der Waals surface area contributed by atoms with Crippen molar-refractivity contribution in [2.24, 2.45) is 0 Å². The van der Waals surface area contributed by atoms with Gasteiger partial charge >= 0.3 is 0 Å². The molecule has 0 radical (unpaired) electrons. The van der Waals surface area contributed by atoms with Gasteiger partial charge in [0, 0.05) is 30.0 Å².